The summed E-state index contributed by atoms with van der Waals surface area (Å²) >= 11 is 0. The van der Waals surface area contributed by atoms with E-state index in [1.807, 2.05) is 24.3 Å². The van der Waals surface area contributed by atoms with Crippen molar-refractivity contribution in [3.8, 4) is 11.5 Å². The molecule has 0 aliphatic rings. The van der Waals surface area contributed by atoms with Gasteiger partial charge in [-0.05, 0) is 23.8 Å². The summed E-state index contributed by atoms with van der Waals surface area (Å²) in [5, 5.41) is 12.4. The number of carbonyl (C=O) groups is 1. The molecule has 0 unspecified atom stereocenters. The van der Waals surface area contributed by atoms with Crippen LogP contribution in [0.5, 0.6) is 11.5 Å². The van der Waals surface area contributed by atoms with E-state index in [1.165, 1.54) is 0 Å². The van der Waals surface area contributed by atoms with Gasteiger partial charge >= 0.3 is 0 Å². The molecule has 0 aliphatic heterocycles. The molecule has 0 aliphatic carbocycles. The number of benzene rings is 2. The smallest absolute Gasteiger partial charge is 0.224 e. The maximum atomic E-state index is 11.8. The fraction of sp³-hybridized carbons (Fsp3) is 0.188. The molecule has 2 aromatic carbocycles. The molecule has 0 spiro atoms. The first-order valence-corrected chi connectivity index (χ1v) is 6.35. The molecule has 0 bridgehead atoms. The Morgan fingerprint density at radius 1 is 1.15 bits per heavy atom. The zero-order chi connectivity index (χ0) is 14.4. The number of para-hydroxylation sites is 1. The van der Waals surface area contributed by atoms with Crippen LogP contribution >= 0.6 is 0 Å². The SMILES string of the molecule is COc1ccc(CNC(=O)Cc2ccccc2O)cc1. The van der Waals surface area contributed by atoms with Crippen molar-refractivity contribution in [2.45, 2.75) is 13.0 Å². The zero-order valence-corrected chi connectivity index (χ0v) is 11.3. The van der Waals surface area contributed by atoms with Gasteiger partial charge in [0.25, 0.3) is 0 Å². The molecular weight excluding hydrogens is 254 g/mol. The van der Waals surface area contributed by atoms with Gasteiger partial charge in [-0.25, -0.2) is 0 Å². The third-order valence-corrected chi connectivity index (χ3v) is 2.99. The van der Waals surface area contributed by atoms with E-state index in [2.05, 4.69) is 5.32 Å². The average Bonchev–Trinajstić information content (AvgIpc) is 2.48. The number of phenols is 1. The van der Waals surface area contributed by atoms with Crippen LogP contribution in [0.25, 0.3) is 0 Å². The number of hydrogen-bond donors (Lipinski definition) is 2. The largest absolute Gasteiger partial charge is 0.508 e. The summed E-state index contributed by atoms with van der Waals surface area (Å²) < 4.78 is 5.07. The van der Waals surface area contributed by atoms with Crippen molar-refractivity contribution in [2.75, 3.05) is 7.11 Å². The fourth-order valence-electron chi connectivity index (χ4n) is 1.84. The minimum atomic E-state index is -0.123. The molecule has 4 heteroatoms. The lowest BCUT2D eigenvalue weighted by Gasteiger charge is -2.07. The summed E-state index contributed by atoms with van der Waals surface area (Å²) in [6.45, 7) is 0.455. The van der Waals surface area contributed by atoms with E-state index < -0.39 is 0 Å². The minimum absolute atomic E-state index is 0.123. The standard InChI is InChI=1S/C16H17NO3/c1-20-14-8-6-12(7-9-14)11-17-16(19)10-13-4-2-3-5-15(13)18/h2-9,18H,10-11H2,1H3,(H,17,19). The lowest BCUT2D eigenvalue weighted by molar-refractivity contribution is -0.120. The van der Waals surface area contributed by atoms with E-state index in [-0.39, 0.29) is 18.1 Å². The number of hydrogen-bond acceptors (Lipinski definition) is 3. The highest BCUT2D eigenvalue weighted by atomic mass is 16.5. The van der Waals surface area contributed by atoms with Crippen LogP contribution in [0.4, 0.5) is 0 Å². The van der Waals surface area contributed by atoms with Crippen LogP contribution in [0.3, 0.4) is 0 Å². The summed E-state index contributed by atoms with van der Waals surface area (Å²) in [7, 11) is 1.61. The van der Waals surface area contributed by atoms with Gasteiger partial charge in [-0.2, -0.15) is 0 Å². The minimum Gasteiger partial charge on any atom is -0.508 e. The molecule has 1 amide bonds. The molecule has 0 saturated carbocycles. The van der Waals surface area contributed by atoms with Crippen LogP contribution in [-0.2, 0) is 17.8 Å². The number of carbonyl (C=O) groups excluding carboxylic acids is 1. The van der Waals surface area contributed by atoms with Gasteiger partial charge in [0.15, 0.2) is 0 Å². The van der Waals surface area contributed by atoms with Crippen molar-refractivity contribution >= 4 is 5.91 Å². The van der Waals surface area contributed by atoms with Crippen LogP contribution < -0.4 is 10.1 Å². The van der Waals surface area contributed by atoms with Crippen LogP contribution in [-0.4, -0.2) is 18.1 Å². The van der Waals surface area contributed by atoms with Gasteiger partial charge in [-0.3, -0.25) is 4.79 Å². The lowest BCUT2D eigenvalue weighted by Crippen LogP contribution is -2.24. The van der Waals surface area contributed by atoms with E-state index in [0.29, 0.717) is 12.1 Å². The van der Waals surface area contributed by atoms with E-state index in [0.717, 1.165) is 11.3 Å². The fourth-order valence-corrected chi connectivity index (χ4v) is 1.84. The number of aromatic hydroxyl groups is 1. The predicted molar refractivity (Wildman–Crippen MR) is 76.7 cm³/mol. The Balaban J connectivity index is 1.87. The van der Waals surface area contributed by atoms with Crippen molar-refractivity contribution in [1.82, 2.24) is 5.32 Å². The molecule has 2 N–H and O–H groups in total. The van der Waals surface area contributed by atoms with E-state index in [9.17, 15) is 9.90 Å². The summed E-state index contributed by atoms with van der Waals surface area (Å²) in [6.07, 6.45) is 0.169. The lowest BCUT2D eigenvalue weighted by atomic mass is 10.1. The van der Waals surface area contributed by atoms with Crippen molar-refractivity contribution < 1.29 is 14.6 Å². The monoisotopic (exact) mass is 271 g/mol. The Kier molecular flexibility index (Phi) is 4.60. The Hall–Kier alpha value is -2.49. The molecule has 104 valence electrons. The van der Waals surface area contributed by atoms with Gasteiger partial charge in [0.2, 0.25) is 5.91 Å². The number of ether oxygens (including phenoxy) is 1. The van der Waals surface area contributed by atoms with E-state index in [1.54, 1.807) is 31.4 Å². The van der Waals surface area contributed by atoms with Gasteiger partial charge in [-0.15, -0.1) is 0 Å². The quantitative estimate of drug-likeness (QED) is 0.877. The Labute approximate surface area is 118 Å². The van der Waals surface area contributed by atoms with Crippen molar-refractivity contribution in [3.05, 3.63) is 59.7 Å². The maximum Gasteiger partial charge on any atom is 0.224 e. The number of nitrogens with one attached hydrogen (secondary N) is 1. The van der Waals surface area contributed by atoms with Gasteiger partial charge in [0.05, 0.1) is 13.5 Å². The van der Waals surface area contributed by atoms with Crippen LogP contribution in [0.1, 0.15) is 11.1 Å². The van der Waals surface area contributed by atoms with Crippen molar-refractivity contribution in [1.29, 1.82) is 0 Å². The third kappa shape index (κ3) is 3.75. The van der Waals surface area contributed by atoms with Crippen LogP contribution in [0.2, 0.25) is 0 Å². The van der Waals surface area contributed by atoms with E-state index >= 15 is 0 Å². The molecule has 0 heterocycles. The van der Waals surface area contributed by atoms with Crippen LogP contribution in [0.15, 0.2) is 48.5 Å². The topological polar surface area (TPSA) is 58.6 Å². The molecule has 0 saturated heterocycles. The second-order valence-electron chi connectivity index (χ2n) is 4.43. The first-order chi connectivity index (χ1) is 9.69. The highest BCUT2D eigenvalue weighted by molar-refractivity contribution is 5.79. The normalized spacial score (nSPS) is 10.1. The molecule has 0 aromatic heterocycles. The number of methoxy groups -OCH3 is 1. The average molecular weight is 271 g/mol. The zero-order valence-electron chi connectivity index (χ0n) is 11.3. The van der Waals surface area contributed by atoms with Crippen LogP contribution in [0, 0.1) is 0 Å². The van der Waals surface area contributed by atoms with E-state index in [4.69, 9.17) is 4.74 Å². The molecule has 4 nitrogen and oxygen atoms in total. The summed E-state index contributed by atoms with van der Waals surface area (Å²) in [5.41, 5.74) is 1.62. The second-order valence-corrected chi connectivity index (χ2v) is 4.43. The summed E-state index contributed by atoms with van der Waals surface area (Å²) in [4.78, 5) is 11.8. The number of phenolic OH excluding ortho intramolecular Hbond substituents is 1. The highest BCUT2D eigenvalue weighted by Gasteiger charge is 2.06. The molecule has 0 radical (unpaired) electrons. The highest BCUT2D eigenvalue weighted by Crippen LogP contribution is 2.16. The Morgan fingerprint density at radius 2 is 1.85 bits per heavy atom. The molecule has 2 aromatic rings. The molecular formula is C16H17NO3. The van der Waals surface area contributed by atoms with Crippen molar-refractivity contribution in [2.24, 2.45) is 0 Å². The second kappa shape index (κ2) is 6.61. The first kappa shape index (κ1) is 13.9. The number of rotatable bonds is 5. The molecule has 2 rings (SSSR count). The third-order valence-electron chi connectivity index (χ3n) is 2.99. The van der Waals surface area contributed by atoms with Gasteiger partial charge in [0.1, 0.15) is 11.5 Å². The Morgan fingerprint density at radius 3 is 2.50 bits per heavy atom. The van der Waals surface area contributed by atoms with Gasteiger partial charge in [-0.1, -0.05) is 30.3 Å². The maximum absolute atomic E-state index is 11.8. The van der Waals surface area contributed by atoms with Crippen molar-refractivity contribution in [3.63, 3.8) is 0 Å². The molecule has 0 fully saturated rings. The number of amides is 1. The Bertz CT molecular complexity index is 579. The summed E-state index contributed by atoms with van der Waals surface area (Å²) in [6, 6.07) is 14.3. The predicted octanol–water partition coefficient (Wildman–Crippen LogP) is 2.26. The van der Waals surface area contributed by atoms with Gasteiger partial charge < -0.3 is 15.2 Å². The summed E-state index contributed by atoms with van der Waals surface area (Å²) in [5.74, 6) is 0.809. The first-order valence-electron chi connectivity index (χ1n) is 6.35. The molecule has 20 heavy (non-hydrogen) atoms. The molecule has 0 atom stereocenters. The van der Waals surface area contributed by atoms with Gasteiger partial charge in [0, 0.05) is 12.1 Å².